The SMILES string of the molecule is CCCSOCCN1CCN(C)CC1. The minimum atomic E-state index is 0.869. The number of likely N-dealkylation sites (N-methyl/N-ethyl adjacent to an activating group) is 1. The van der Waals surface area contributed by atoms with Crippen LogP contribution in [-0.2, 0) is 4.18 Å². The zero-order chi connectivity index (χ0) is 10.2. The Bertz CT molecular complexity index is 138. The summed E-state index contributed by atoms with van der Waals surface area (Å²) < 4.78 is 5.47. The van der Waals surface area contributed by atoms with Crippen molar-refractivity contribution in [2.75, 3.05) is 52.1 Å². The van der Waals surface area contributed by atoms with Gasteiger partial charge in [0.1, 0.15) is 0 Å². The van der Waals surface area contributed by atoms with E-state index < -0.39 is 0 Å². The van der Waals surface area contributed by atoms with E-state index in [1.807, 2.05) is 0 Å². The van der Waals surface area contributed by atoms with Crippen LogP contribution in [0.5, 0.6) is 0 Å². The highest BCUT2D eigenvalue weighted by atomic mass is 32.2. The fourth-order valence-corrected chi connectivity index (χ4v) is 1.92. The van der Waals surface area contributed by atoms with Gasteiger partial charge in [0.2, 0.25) is 0 Å². The van der Waals surface area contributed by atoms with Gasteiger partial charge in [0.15, 0.2) is 0 Å². The van der Waals surface area contributed by atoms with E-state index in [1.165, 1.54) is 32.6 Å². The highest BCUT2D eigenvalue weighted by molar-refractivity contribution is 7.94. The molecule has 0 bridgehead atoms. The highest BCUT2D eigenvalue weighted by Gasteiger charge is 2.12. The molecule has 1 aliphatic heterocycles. The number of rotatable bonds is 6. The van der Waals surface area contributed by atoms with E-state index >= 15 is 0 Å². The Labute approximate surface area is 92.0 Å². The predicted molar refractivity (Wildman–Crippen MR) is 62.6 cm³/mol. The maximum atomic E-state index is 5.47. The second kappa shape index (κ2) is 7.51. The standard InChI is InChI=1S/C10H22N2OS/c1-3-10-14-13-9-8-12-6-4-11(2)5-7-12/h3-10H2,1-2H3. The first kappa shape index (κ1) is 12.3. The number of hydrogen-bond acceptors (Lipinski definition) is 4. The Morgan fingerprint density at radius 3 is 2.57 bits per heavy atom. The van der Waals surface area contributed by atoms with Gasteiger partial charge in [-0.1, -0.05) is 6.92 Å². The lowest BCUT2D eigenvalue weighted by atomic mass is 10.3. The van der Waals surface area contributed by atoms with Crippen LogP contribution in [0.2, 0.25) is 0 Å². The van der Waals surface area contributed by atoms with Gasteiger partial charge in [-0.25, -0.2) is 0 Å². The Balaban J connectivity index is 1.91. The number of piperazine rings is 1. The molecule has 0 aromatic rings. The summed E-state index contributed by atoms with van der Waals surface area (Å²) >= 11 is 1.61. The minimum Gasteiger partial charge on any atom is -0.314 e. The fraction of sp³-hybridized carbons (Fsp3) is 1.00. The van der Waals surface area contributed by atoms with Crippen LogP contribution in [0.3, 0.4) is 0 Å². The summed E-state index contributed by atoms with van der Waals surface area (Å²) in [5.74, 6) is 1.11. The van der Waals surface area contributed by atoms with Crippen molar-refractivity contribution < 1.29 is 4.18 Å². The summed E-state index contributed by atoms with van der Waals surface area (Å²) in [7, 11) is 2.19. The Hall–Kier alpha value is 0.230. The third-order valence-corrected chi connectivity index (χ3v) is 3.37. The van der Waals surface area contributed by atoms with Crippen LogP contribution in [0, 0.1) is 0 Å². The van der Waals surface area contributed by atoms with E-state index in [1.54, 1.807) is 12.0 Å². The molecule has 0 radical (unpaired) electrons. The lowest BCUT2D eigenvalue weighted by Gasteiger charge is -2.31. The maximum Gasteiger partial charge on any atom is 0.0741 e. The van der Waals surface area contributed by atoms with Gasteiger partial charge in [-0.05, 0) is 25.5 Å². The summed E-state index contributed by atoms with van der Waals surface area (Å²) in [6.45, 7) is 8.91. The molecule has 1 rings (SSSR count). The molecule has 0 amide bonds. The van der Waals surface area contributed by atoms with Crippen molar-refractivity contribution in [1.82, 2.24) is 9.80 Å². The normalized spacial score (nSPS) is 20.1. The van der Waals surface area contributed by atoms with Crippen molar-refractivity contribution in [1.29, 1.82) is 0 Å². The monoisotopic (exact) mass is 218 g/mol. The van der Waals surface area contributed by atoms with Crippen molar-refractivity contribution >= 4 is 12.0 Å². The van der Waals surface area contributed by atoms with E-state index in [4.69, 9.17) is 4.18 Å². The quantitative estimate of drug-likeness (QED) is 0.493. The molecule has 14 heavy (non-hydrogen) atoms. The van der Waals surface area contributed by atoms with Crippen LogP contribution < -0.4 is 0 Å². The second-order valence-corrected chi connectivity index (χ2v) is 4.67. The van der Waals surface area contributed by atoms with Gasteiger partial charge in [-0.3, -0.25) is 4.90 Å². The Morgan fingerprint density at radius 1 is 1.21 bits per heavy atom. The summed E-state index contributed by atoms with van der Waals surface area (Å²) in [4.78, 5) is 4.86. The minimum absolute atomic E-state index is 0.869. The summed E-state index contributed by atoms with van der Waals surface area (Å²) in [6, 6.07) is 0. The van der Waals surface area contributed by atoms with Gasteiger partial charge < -0.3 is 9.08 Å². The molecule has 84 valence electrons. The van der Waals surface area contributed by atoms with Crippen molar-refractivity contribution in [3.05, 3.63) is 0 Å². The Morgan fingerprint density at radius 2 is 1.93 bits per heavy atom. The molecule has 0 aromatic carbocycles. The number of nitrogens with zero attached hydrogens (tertiary/aromatic N) is 2. The van der Waals surface area contributed by atoms with Crippen molar-refractivity contribution in [3.8, 4) is 0 Å². The van der Waals surface area contributed by atoms with Crippen LogP contribution >= 0.6 is 12.0 Å². The largest absolute Gasteiger partial charge is 0.314 e. The molecule has 4 heteroatoms. The molecule has 1 fully saturated rings. The molecule has 0 N–H and O–H groups in total. The molecule has 0 unspecified atom stereocenters. The van der Waals surface area contributed by atoms with Gasteiger partial charge in [0.25, 0.3) is 0 Å². The number of hydrogen-bond donors (Lipinski definition) is 0. The first-order chi connectivity index (χ1) is 6.83. The van der Waals surface area contributed by atoms with E-state index in [2.05, 4.69) is 23.8 Å². The maximum absolute atomic E-state index is 5.47. The van der Waals surface area contributed by atoms with E-state index in [-0.39, 0.29) is 0 Å². The van der Waals surface area contributed by atoms with E-state index in [0.29, 0.717) is 0 Å². The molecule has 0 saturated carbocycles. The average Bonchev–Trinajstić information content (AvgIpc) is 2.21. The van der Waals surface area contributed by atoms with E-state index in [9.17, 15) is 0 Å². The topological polar surface area (TPSA) is 15.7 Å². The zero-order valence-corrected chi connectivity index (χ0v) is 10.2. The predicted octanol–water partition coefficient (Wildman–Crippen LogP) is 1.31. The third kappa shape index (κ3) is 5.20. The van der Waals surface area contributed by atoms with Crippen LogP contribution in [0.1, 0.15) is 13.3 Å². The smallest absolute Gasteiger partial charge is 0.0741 e. The highest BCUT2D eigenvalue weighted by Crippen LogP contribution is 2.05. The summed E-state index contributed by atoms with van der Waals surface area (Å²) in [5.41, 5.74) is 0. The molecule has 3 nitrogen and oxygen atoms in total. The molecular weight excluding hydrogens is 196 g/mol. The Kier molecular flexibility index (Phi) is 6.60. The molecule has 0 atom stereocenters. The molecule has 0 aliphatic carbocycles. The lowest BCUT2D eigenvalue weighted by Crippen LogP contribution is -2.45. The molecule has 1 aliphatic rings. The summed E-state index contributed by atoms with van der Waals surface area (Å²) in [5, 5.41) is 0. The molecular formula is C10H22N2OS. The first-order valence-corrected chi connectivity index (χ1v) is 6.39. The zero-order valence-electron chi connectivity index (χ0n) is 9.37. The van der Waals surface area contributed by atoms with Gasteiger partial charge in [0.05, 0.1) is 6.61 Å². The van der Waals surface area contributed by atoms with Crippen LogP contribution in [0.15, 0.2) is 0 Å². The van der Waals surface area contributed by atoms with Gasteiger partial charge in [0, 0.05) is 38.5 Å². The lowest BCUT2D eigenvalue weighted by molar-refractivity contribution is 0.138. The molecule has 0 spiro atoms. The van der Waals surface area contributed by atoms with Gasteiger partial charge in [-0.15, -0.1) is 0 Å². The average molecular weight is 218 g/mol. The molecule has 0 aromatic heterocycles. The molecule has 1 saturated heterocycles. The summed E-state index contributed by atoms with van der Waals surface area (Å²) in [6.07, 6.45) is 1.19. The first-order valence-electron chi connectivity index (χ1n) is 5.48. The van der Waals surface area contributed by atoms with Crippen LogP contribution in [0.25, 0.3) is 0 Å². The van der Waals surface area contributed by atoms with Gasteiger partial charge >= 0.3 is 0 Å². The second-order valence-electron chi connectivity index (χ2n) is 3.79. The fourth-order valence-electron chi connectivity index (χ4n) is 1.44. The molecule has 1 heterocycles. The van der Waals surface area contributed by atoms with E-state index in [0.717, 1.165) is 18.9 Å². The van der Waals surface area contributed by atoms with Crippen molar-refractivity contribution in [2.24, 2.45) is 0 Å². The van der Waals surface area contributed by atoms with Crippen LogP contribution in [-0.4, -0.2) is 61.9 Å². The van der Waals surface area contributed by atoms with Crippen LogP contribution in [0.4, 0.5) is 0 Å². The van der Waals surface area contributed by atoms with Crippen molar-refractivity contribution in [2.45, 2.75) is 13.3 Å². The van der Waals surface area contributed by atoms with Crippen molar-refractivity contribution in [3.63, 3.8) is 0 Å². The third-order valence-electron chi connectivity index (χ3n) is 2.46. The van der Waals surface area contributed by atoms with Gasteiger partial charge in [-0.2, -0.15) is 0 Å².